The van der Waals surface area contributed by atoms with Crippen molar-refractivity contribution in [1.82, 2.24) is 9.80 Å². The molecule has 2 fully saturated rings. The minimum absolute atomic E-state index is 0.134. The van der Waals surface area contributed by atoms with Gasteiger partial charge in [0.25, 0.3) is 0 Å². The van der Waals surface area contributed by atoms with Gasteiger partial charge in [0.15, 0.2) is 0 Å². The van der Waals surface area contributed by atoms with Gasteiger partial charge in [-0.25, -0.2) is 0 Å². The van der Waals surface area contributed by atoms with Crippen molar-refractivity contribution >= 4 is 11.9 Å². The molecule has 2 atom stereocenters. The lowest BCUT2D eigenvalue weighted by Crippen LogP contribution is -2.37. The smallest absolute Gasteiger partial charge is 0.303 e. The normalized spacial score (nSPS) is 24.0. The van der Waals surface area contributed by atoms with E-state index in [4.69, 9.17) is 4.42 Å². The van der Waals surface area contributed by atoms with E-state index in [-0.39, 0.29) is 17.7 Å². The lowest BCUT2D eigenvalue weighted by atomic mass is 9.77. The summed E-state index contributed by atoms with van der Waals surface area (Å²) >= 11 is 0. The molecular formula is C23H28N2O4. The van der Waals surface area contributed by atoms with Gasteiger partial charge in [0.1, 0.15) is 0 Å². The Balaban J connectivity index is 1.44. The van der Waals surface area contributed by atoms with Gasteiger partial charge in [-0.2, -0.15) is 0 Å². The third-order valence-corrected chi connectivity index (χ3v) is 6.48. The second-order valence-corrected chi connectivity index (χ2v) is 8.69. The van der Waals surface area contributed by atoms with Crippen LogP contribution in [0, 0.1) is 18.3 Å². The Hall–Kier alpha value is -2.60. The Labute approximate surface area is 171 Å². The van der Waals surface area contributed by atoms with Crippen molar-refractivity contribution in [2.45, 2.75) is 32.7 Å². The number of fused-ring (bicyclic) bond motifs is 1. The van der Waals surface area contributed by atoms with Crippen LogP contribution in [0.1, 0.15) is 29.5 Å². The van der Waals surface area contributed by atoms with Crippen LogP contribution in [0.15, 0.2) is 47.3 Å². The molecule has 1 N–H and O–H groups in total. The number of carbonyl (C=O) groups is 2. The van der Waals surface area contributed by atoms with Crippen LogP contribution in [0.4, 0.5) is 0 Å². The first-order chi connectivity index (χ1) is 13.9. The summed E-state index contributed by atoms with van der Waals surface area (Å²) in [6.45, 7) is 5.92. The van der Waals surface area contributed by atoms with Crippen molar-refractivity contribution in [3.8, 4) is 0 Å². The maximum absolute atomic E-state index is 12.9. The molecule has 2 aliphatic rings. The Bertz CT molecular complexity index is 862. The number of furan rings is 1. The number of benzene rings is 1. The number of aryl methyl sites for hydroxylation is 1. The lowest BCUT2D eigenvalue weighted by Gasteiger charge is -2.29. The third kappa shape index (κ3) is 4.37. The maximum atomic E-state index is 12.9. The van der Waals surface area contributed by atoms with E-state index in [0.29, 0.717) is 31.8 Å². The van der Waals surface area contributed by atoms with Crippen LogP contribution < -0.4 is 0 Å². The number of carboxylic acids is 1. The molecule has 1 aromatic carbocycles. The van der Waals surface area contributed by atoms with Crippen LogP contribution in [0.3, 0.4) is 0 Å². The fourth-order valence-corrected chi connectivity index (χ4v) is 4.95. The minimum Gasteiger partial charge on any atom is -0.481 e. The molecule has 29 heavy (non-hydrogen) atoms. The monoisotopic (exact) mass is 396 g/mol. The highest BCUT2D eigenvalue weighted by Gasteiger charge is 2.52. The van der Waals surface area contributed by atoms with Crippen LogP contribution in [0.5, 0.6) is 0 Å². The van der Waals surface area contributed by atoms with Crippen molar-refractivity contribution in [3.63, 3.8) is 0 Å². The standard InChI is InChI=1S/C23H28N2O4/c1-17-2-4-18(5-3-17)10-21(26)25-13-20-12-24(11-19-7-9-29-14-19)15-23(20,16-25)8-6-22(27)28/h2-5,7,9,14,20H,6,8,10-13,15-16H2,1H3,(H,27,28). The van der Waals surface area contributed by atoms with Crippen LogP contribution in [-0.4, -0.2) is 53.0 Å². The van der Waals surface area contributed by atoms with E-state index in [1.807, 2.05) is 42.2 Å². The van der Waals surface area contributed by atoms with Gasteiger partial charge in [-0.1, -0.05) is 29.8 Å². The number of nitrogens with zero attached hydrogens (tertiary/aromatic N) is 2. The van der Waals surface area contributed by atoms with Gasteiger partial charge in [-0.15, -0.1) is 0 Å². The number of likely N-dealkylation sites (tertiary alicyclic amines) is 2. The second-order valence-electron chi connectivity index (χ2n) is 8.69. The molecule has 0 spiro atoms. The Morgan fingerprint density at radius 1 is 1.14 bits per heavy atom. The van der Waals surface area contributed by atoms with Crippen LogP contribution in [-0.2, 0) is 22.6 Å². The number of carboxylic acid groups (broad SMARTS) is 1. The summed E-state index contributed by atoms with van der Waals surface area (Å²) in [5.74, 6) is -0.314. The van der Waals surface area contributed by atoms with Gasteiger partial charge >= 0.3 is 5.97 Å². The number of amides is 1. The number of hydrogen-bond donors (Lipinski definition) is 1. The average Bonchev–Trinajstić information content (AvgIpc) is 3.37. The highest BCUT2D eigenvalue weighted by molar-refractivity contribution is 5.79. The summed E-state index contributed by atoms with van der Waals surface area (Å²) in [6, 6.07) is 10.1. The van der Waals surface area contributed by atoms with Crippen LogP contribution >= 0.6 is 0 Å². The second kappa shape index (κ2) is 8.03. The van der Waals surface area contributed by atoms with Crippen LogP contribution in [0.25, 0.3) is 0 Å². The summed E-state index contributed by atoms with van der Waals surface area (Å²) < 4.78 is 5.18. The quantitative estimate of drug-likeness (QED) is 0.779. The fourth-order valence-electron chi connectivity index (χ4n) is 4.95. The molecule has 4 rings (SSSR count). The number of carbonyl (C=O) groups excluding carboxylic acids is 1. The molecule has 0 saturated carbocycles. The summed E-state index contributed by atoms with van der Waals surface area (Å²) in [7, 11) is 0. The molecule has 3 heterocycles. The average molecular weight is 396 g/mol. The largest absolute Gasteiger partial charge is 0.481 e. The van der Waals surface area contributed by atoms with E-state index in [0.717, 1.165) is 30.8 Å². The van der Waals surface area contributed by atoms with Gasteiger partial charge in [-0.3, -0.25) is 14.5 Å². The Morgan fingerprint density at radius 2 is 1.93 bits per heavy atom. The molecule has 2 unspecified atom stereocenters. The van der Waals surface area contributed by atoms with E-state index >= 15 is 0 Å². The number of hydrogen-bond acceptors (Lipinski definition) is 4. The molecule has 0 bridgehead atoms. The Morgan fingerprint density at radius 3 is 2.62 bits per heavy atom. The van der Waals surface area contributed by atoms with E-state index in [1.54, 1.807) is 12.5 Å². The molecule has 1 amide bonds. The lowest BCUT2D eigenvalue weighted by molar-refractivity contribution is -0.137. The minimum atomic E-state index is -0.768. The summed E-state index contributed by atoms with van der Waals surface area (Å²) in [5.41, 5.74) is 3.21. The van der Waals surface area contributed by atoms with Crippen molar-refractivity contribution in [2.24, 2.45) is 11.3 Å². The van der Waals surface area contributed by atoms with Gasteiger partial charge in [0, 0.05) is 50.1 Å². The fraction of sp³-hybridized carbons (Fsp3) is 0.478. The first-order valence-electron chi connectivity index (χ1n) is 10.2. The van der Waals surface area contributed by atoms with E-state index in [9.17, 15) is 14.7 Å². The Kier molecular flexibility index (Phi) is 5.46. The van der Waals surface area contributed by atoms with Gasteiger partial charge in [0.2, 0.25) is 5.91 Å². The topological polar surface area (TPSA) is 74.0 Å². The van der Waals surface area contributed by atoms with Gasteiger partial charge < -0.3 is 14.4 Å². The maximum Gasteiger partial charge on any atom is 0.303 e. The van der Waals surface area contributed by atoms with E-state index in [1.165, 1.54) is 5.56 Å². The van der Waals surface area contributed by atoms with Gasteiger partial charge in [0.05, 0.1) is 18.9 Å². The highest BCUT2D eigenvalue weighted by Crippen LogP contribution is 2.46. The molecule has 6 heteroatoms. The molecule has 2 saturated heterocycles. The first-order valence-corrected chi connectivity index (χ1v) is 10.2. The SMILES string of the molecule is Cc1ccc(CC(=O)N2CC3CN(Cc4ccoc4)CC3(CCC(=O)O)C2)cc1. The summed E-state index contributed by atoms with van der Waals surface area (Å²) in [4.78, 5) is 28.5. The molecule has 1 aromatic heterocycles. The van der Waals surface area contributed by atoms with Crippen molar-refractivity contribution in [3.05, 3.63) is 59.5 Å². The van der Waals surface area contributed by atoms with Crippen molar-refractivity contribution < 1.29 is 19.1 Å². The van der Waals surface area contributed by atoms with E-state index in [2.05, 4.69) is 4.90 Å². The van der Waals surface area contributed by atoms with Crippen molar-refractivity contribution in [1.29, 1.82) is 0 Å². The molecular weight excluding hydrogens is 368 g/mol. The highest BCUT2D eigenvalue weighted by atomic mass is 16.4. The van der Waals surface area contributed by atoms with Crippen LogP contribution in [0.2, 0.25) is 0 Å². The summed E-state index contributed by atoms with van der Waals surface area (Å²) in [5, 5.41) is 9.25. The van der Waals surface area contributed by atoms with Crippen molar-refractivity contribution in [2.75, 3.05) is 26.2 Å². The zero-order valence-electron chi connectivity index (χ0n) is 16.8. The molecule has 2 aromatic rings. The van der Waals surface area contributed by atoms with E-state index < -0.39 is 5.97 Å². The zero-order valence-corrected chi connectivity index (χ0v) is 16.8. The molecule has 2 aliphatic heterocycles. The number of aliphatic carboxylic acids is 1. The molecule has 0 radical (unpaired) electrons. The summed E-state index contributed by atoms with van der Waals surface area (Å²) in [6.07, 6.45) is 4.60. The predicted octanol–water partition coefficient (Wildman–Crippen LogP) is 2.96. The third-order valence-electron chi connectivity index (χ3n) is 6.48. The number of rotatable bonds is 7. The molecule has 154 valence electrons. The van der Waals surface area contributed by atoms with Gasteiger partial charge in [-0.05, 0) is 30.9 Å². The zero-order chi connectivity index (χ0) is 20.4. The predicted molar refractivity (Wildman–Crippen MR) is 108 cm³/mol. The first kappa shape index (κ1) is 19.7. The molecule has 0 aliphatic carbocycles. The molecule has 6 nitrogen and oxygen atoms in total.